The van der Waals surface area contributed by atoms with Gasteiger partial charge in [-0.2, -0.15) is 5.10 Å². The molecule has 1 aliphatic carbocycles. The molecule has 1 aromatic carbocycles. The van der Waals surface area contributed by atoms with Crippen molar-refractivity contribution in [1.29, 1.82) is 0 Å². The molecule has 0 bridgehead atoms. The van der Waals surface area contributed by atoms with Gasteiger partial charge in [0.25, 0.3) is 0 Å². The Bertz CT molecular complexity index is 626. The van der Waals surface area contributed by atoms with Crippen LogP contribution in [0.2, 0.25) is 5.02 Å². The van der Waals surface area contributed by atoms with Crippen LogP contribution < -0.4 is 0 Å². The first-order valence-electron chi connectivity index (χ1n) is 8.28. The molecule has 1 aromatic heterocycles. The smallest absolute Gasteiger partial charge is 0.137 e. The molecule has 5 heteroatoms. The van der Waals surface area contributed by atoms with Crippen LogP contribution in [0.15, 0.2) is 36.9 Å². The van der Waals surface area contributed by atoms with Crippen LogP contribution >= 0.6 is 11.6 Å². The zero-order valence-corrected chi connectivity index (χ0v) is 14.4. The van der Waals surface area contributed by atoms with E-state index in [1.165, 1.54) is 11.9 Å². The summed E-state index contributed by atoms with van der Waals surface area (Å²) in [5.74, 6) is 0.947. The molecule has 3 atom stereocenters. The van der Waals surface area contributed by atoms with Gasteiger partial charge in [-0.3, -0.25) is 4.68 Å². The van der Waals surface area contributed by atoms with Gasteiger partial charge in [0.05, 0.1) is 12.1 Å². The summed E-state index contributed by atoms with van der Waals surface area (Å²) in [6.45, 7) is 4.90. The molecule has 1 aliphatic rings. The third kappa shape index (κ3) is 3.43. The average Bonchev–Trinajstić information content (AvgIpc) is 3.10. The Morgan fingerprint density at radius 1 is 1.30 bits per heavy atom. The van der Waals surface area contributed by atoms with E-state index in [4.69, 9.17) is 11.6 Å². The van der Waals surface area contributed by atoms with E-state index in [1.807, 2.05) is 12.1 Å². The van der Waals surface area contributed by atoms with Crippen molar-refractivity contribution in [2.24, 2.45) is 17.8 Å². The number of halogens is 1. The van der Waals surface area contributed by atoms with E-state index in [0.29, 0.717) is 12.5 Å². The molecule has 0 saturated heterocycles. The molecule has 4 nitrogen and oxygen atoms in total. The van der Waals surface area contributed by atoms with Crippen LogP contribution in [0.1, 0.15) is 32.3 Å². The molecule has 2 aromatic rings. The van der Waals surface area contributed by atoms with Gasteiger partial charge in [-0.1, -0.05) is 37.6 Å². The highest BCUT2D eigenvalue weighted by molar-refractivity contribution is 6.30. The number of hydrogen-bond donors (Lipinski definition) is 1. The van der Waals surface area contributed by atoms with E-state index < -0.39 is 5.60 Å². The van der Waals surface area contributed by atoms with Crippen molar-refractivity contribution < 1.29 is 5.11 Å². The minimum atomic E-state index is -0.749. The second-order valence-electron chi connectivity index (χ2n) is 7.04. The molecule has 1 heterocycles. The zero-order valence-electron chi connectivity index (χ0n) is 13.7. The molecule has 2 unspecified atom stereocenters. The molecule has 0 spiro atoms. The highest BCUT2D eigenvalue weighted by Gasteiger charge is 2.50. The molecule has 23 heavy (non-hydrogen) atoms. The fourth-order valence-electron chi connectivity index (χ4n) is 4.10. The first-order chi connectivity index (χ1) is 11.0. The van der Waals surface area contributed by atoms with Gasteiger partial charge in [-0.05, 0) is 54.7 Å². The molecule has 1 saturated carbocycles. The first kappa shape index (κ1) is 16.5. The van der Waals surface area contributed by atoms with E-state index in [9.17, 15) is 5.11 Å². The zero-order chi connectivity index (χ0) is 16.4. The SMILES string of the molecule is CC(C)C1CC[C@H](Cc2ccc(Cl)cc2)C1(O)Cn1cncn1. The Hall–Kier alpha value is -1.39. The van der Waals surface area contributed by atoms with Gasteiger partial charge in [-0.15, -0.1) is 0 Å². The highest BCUT2D eigenvalue weighted by Crippen LogP contribution is 2.46. The van der Waals surface area contributed by atoms with E-state index in [2.05, 4.69) is 36.1 Å². The fourth-order valence-corrected chi connectivity index (χ4v) is 4.22. The van der Waals surface area contributed by atoms with Gasteiger partial charge in [0.1, 0.15) is 12.7 Å². The summed E-state index contributed by atoms with van der Waals surface area (Å²) in [4.78, 5) is 4.01. The third-order valence-corrected chi connectivity index (χ3v) is 5.51. The minimum absolute atomic E-state index is 0.222. The maximum atomic E-state index is 11.6. The van der Waals surface area contributed by atoms with E-state index in [1.54, 1.807) is 11.0 Å². The van der Waals surface area contributed by atoms with Crippen molar-refractivity contribution in [3.8, 4) is 0 Å². The molecule has 0 radical (unpaired) electrons. The van der Waals surface area contributed by atoms with Gasteiger partial charge in [-0.25, -0.2) is 4.98 Å². The Balaban J connectivity index is 1.83. The van der Waals surface area contributed by atoms with Crippen molar-refractivity contribution in [2.75, 3.05) is 0 Å². The number of hydrogen-bond acceptors (Lipinski definition) is 3. The summed E-state index contributed by atoms with van der Waals surface area (Å²) < 4.78 is 1.76. The van der Waals surface area contributed by atoms with Crippen LogP contribution in [0.4, 0.5) is 0 Å². The summed E-state index contributed by atoms with van der Waals surface area (Å²) in [5.41, 5.74) is 0.474. The van der Waals surface area contributed by atoms with E-state index in [0.717, 1.165) is 24.3 Å². The molecular formula is C18H24ClN3O. The molecule has 0 aliphatic heterocycles. The molecule has 3 rings (SSSR count). The lowest BCUT2D eigenvalue weighted by Crippen LogP contribution is -2.46. The maximum absolute atomic E-state index is 11.6. The largest absolute Gasteiger partial charge is 0.387 e. The van der Waals surface area contributed by atoms with E-state index >= 15 is 0 Å². The van der Waals surface area contributed by atoms with Crippen LogP contribution in [0, 0.1) is 17.8 Å². The Kier molecular flexibility index (Phi) is 4.74. The number of rotatable bonds is 5. The normalized spacial score (nSPS) is 27.7. The number of benzene rings is 1. The van der Waals surface area contributed by atoms with Crippen LogP contribution in [0.25, 0.3) is 0 Å². The minimum Gasteiger partial charge on any atom is -0.387 e. The van der Waals surface area contributed by atoms with Gasteiger partial charge in [0, 0.05) is 5.02 Å². The van der Waals surface area contributed by atoms with Gasteiger partial charge < -0.3 is 5.11 Å². The fraction of sp³-hybridized carbons (Fsp3) is 0.556. The van der Waals surface area contributed by atoms with Crippen molar-refractivity contribution in [1.82, 2.24) is 14.8 Å². The Morgan fingerprint density at radius 3 is 2.65 bits per heavy atom. The predicted molar refractivity (Wildman–Crippen MR) is 91.2 cm³/mol. The number of aromatic nitrogens is 3. The molecule has 1 N–H and O–H groups in total. The summed E-state index contributed by atoms with van der Waals surface area (Å²) >= 11 is 5.98. The second-order valence-corrected chi connectivity index (χ2v) is 7.48. The van der Waals surface area contributed by atoms with Gasteiger partial charge >= 0.3 is 0 Å². The highest BCUT2D eigenvalue weighted by atomic mass is 35.5. The Labute approximate surface area is 142 Å². The van der Waals surface area contributed by atoms with Crippen LogP contribution in [0.3, 0.4) is 0 Å². The van der Waals surface area contributed by atoms with Gasteiger partial charge in [0.2, 0.25) is 0 Å². The van der Waals surface area contributed by atoms with Crippen LogP contribution in [0.5, 0.6) is 0 Å². The molecule has 124 valence electrons. The standard InChI is InChI=1S/C18H24ClN3O/c1-13(2)17-8-5-15(9-14-3-6-16(19)7-4-14)18(17,23)10-22-12-20-11-21-22/h3-4,6-7,11-13,15,17,23H,5,8-10H2,1-2H3/t15-,17?,18?/m1/s1. The lowest BCUT2D eigenvalue weighted by Gasteiger charge is -2.37. The van der Waals surface area contributed by atoms with Crippen molar-refractivity contribution in [3.05, 3.63) is 47.5 Å². The molecule has 1 fully saturated rings. The van der Waals surface area contributed by atoms with Crippen LogP contribution in [-0.4, -0.2) is 25.5 Å². The summed E-state index contributed by atoms with van der Waals surface area (Å²) in [7, 11) is 0. The number of nitrogens with zero attached hydrogens (tertiary/aromatic N) is 3. The topological polar surface area (TPSA) is 50.9 Å². The quantitative estimate of drug-likeness (QED) is 0.909. The summed E-state index contributed by atoms with van der Waals surface area (Å²) in [6.07, 6.45) is 6.17. The lowest BCUT2D eigenvalue weighted by atomic mass is 9.76. The monoisotopic (exact) mass is 333 g/mol. The van der Waals surface area contributed by atoms with Crippen LogP contribution in [-0.2, 0) is 13.0 Å². The summed E-state index contributed by atoms with van der Waals surface area (Å²) in [5, 5.41) is 16.5. The first-order valence-corrected chi connectivity index (χ1v) is 8.66. The Morgan fingerprint density at radius 2 is 2.04 bits per heavy atom. The maximum Gasteiger partial charge on any atom is 0.137 e. The average molecular weight is 334 g/mol. The third-order valence-electron chi connectivity index (χ3n) is 5.26. The van der Waals surface area contributed by atoms with Gasteiger partial charge in [0.15, 0.2) is 0 Å². The predicted octanol–water partition coefficient (Wildman–Crippen LogP) is 3.59. The summed E-state index contributed by atoms with van der Waals surface area (Å²) in [6, 6.07) is 7.95. The molecule has 0 amide bonds. The lowest BCUT2D eigenvalue weighted by molar-refractivity contribution is -0.0667. The van der Waals surface area contributed by atoms with Crippen molar-refractivity contribution >= 4 is 11.6 Å². The van der Waals surface area contributed by atoms with Crippen molar-refractivity contribution in [3.63, 3.8) is 0 Å². The van der Waals surface area contributed by atoms with Crippen molar-refractivity contribution in [2.45, 2.75) is 45.3 Å². The van der Waals surface area contributed by atoms with E-state index in [-0.39, 0.29) is 11.8 Å². The molecular weight excluding hydrogens is 310 g/mol. The number of aliphatic hydroxyl groups is 1. The second kappa shape index (κ2) is 6.62.